The van der Waals surface area contributed by atoms with Gasteiger partial charge in [0.2, 0.25) is 0 Å². The molecule has 5 aliphatic carbocycles. The fraction of sp³-hybridized carbons (Fsp3) is 0.169. The molecule has 0 radical (unpaired) electrons. The molecule has 9 aromatic rings. The summed E-state index contributed by atoms with van der Waals surface area (Å²) in [4.78, 5) is 15.5. The van der Waals surface area contributed by atoms with Crippen LogP contribution in [-0.2, 0) is 5.41 Å². The zero-order valence-corrected chi connectivity index (χ0v) is 34.6. The second-order valence-corrected chi connectivity index (χ2v) is 18.4. The average Bonchev–Trinajstić information content (AvgIpc) is 3.63. The summed E-state index contributed by atoms with van der Waals surface area (Å²) in [5, 5.41) is 2.28. The van der Waals surface area contributed by atoms with E-state index >= 15 is 0 Å². The third-order valence-electron chi connectivity index (χ3n) is 15.1. The zero-order chi connectivity index (χ0) is 40.8. The van der Waals surface area contributed by atoms with E-state index in [2.05, 4.69) is 170 Å². The number of fused-ring (bicyclic) bond motifs is 4. The quantitative estimate of drug-likeness (QED) is 0.168. The van der Waals surface area contributed by atoms with Gasteiger partial charge in [0.25, 0.3) is 0 Å². The standard InChI is InChI=1S/C59H45N3/c1-3-12-41(13-4-1)48-28-29-53(50-19-8-7-18-49(48)50)58-61-56(42-14-5-2-6-15-42)60-57(62-58)45-17-11-16-43(35-45)39-22-24-40(25-23-39)44-26-27-52-51-20-9-10-21-54(51)59(55(52)36-44)46-31-37-30-38(33-46)34-47(59)32-37/h1-29,35-38,46-47H,30-34H2. The van der Waals surface area contributed by atoms with E-state index in [4.69, 9.17) is 15.0 Å². The molecular formula is C59H45N3. The molecule has 296 valence electrons. The van der Waals surface area contributed by atoms with E-state index in [-0.39, 0.29) is 5.41 Å². The summed E-state index contributed by atoms with van der Waals surface area (Å²) in [6.07, 6.45) is 7.07. The number of hydrogen-bond donors (Lipinski definition) is 0. The Morgan fingerprint density at radius 2 is 0.790 bits per heavy atom. The van der Waals surface area contributed by atoms with Gasteiger partial charge < -0.3 is 0 Å². The largest absolute Gasteiger partial charge is 0.208 e. The summed E-state index contributed by atoms with van der Waals surface area (Å²) < 4.78 is 0. The minimum Gasteiger partial charge on any atom is -0.208 e. The highest BCUT2D eigenvalue weighted by Gasteiger charge is 2.61. The van der Waals surface area contributed by atoms with Crippen molar-refractivity contribution in [3.63, 3.8) is 0 Å². The first-order valence-corrected chi connectivity index (χ1v) is 22.5. The van der Waals surface area contributed by atoms with Crippen molar-refractivity contribution in [2.45, 2.75) is 37.5 Å². The molecule has 5 aliphatic rings. The summed E-state index contributed by atoms with van der Waals surface area (Å²) in [5.74, 6) is 5.36. The first kappa shape index (κ1) is 35.8. The van der Waals surface area contributed by atoms with E-state index in [1.165, 1.54) is 76.4 Å². The SMILES string of the molecule is c1ccc(-c2nc(-c3cccc(-c4ccc(-c5ccc6c(c5)C5(c7ccccc7-6)C6CC7CC(C6)CC5C7)cc4)c3)nc(-c3ccc(-c4ccccc4)c4ccccc34)n2)cc1. The lowest BCUT2D eigenvalue weighted by Crippen LogP contribution is -2.55. The third kappa shape index (κ3) is 5.54. The van der Waals surface area contributed by atoms with Gasteiger partial charge in [0.05, 0.1) is 0 Å². The molecule has 4 saturated carbocycles. The molecule has 0 aliphatic heterocycles. The third-order valence-corrected chi connectivity index (χ3v) is 15.1. The molecule has 3 nitrogen and oxygen atoms in total. The van der Waals surface area contributed by atoms with Crippen molar-refractivity contribution in [3.05, 3.63) is 199 Å². The van der Waals surface area contributed by atoms with Crippen LogP contribution in [0.4, 0.5) is 0 Å². The maximum atomic E-state index is 5.23. The molecule has 62 heavy (non-hydrogen) atoms. The lowest BCUT2D eigenvalue weighted by molar-refractivity contribution is -0.0399. The molecule has 4 fully saturated rings. The lowest BCUT2D eigenvalue weighted by Gasteiger charge is -2.61. The molecular weight excluding hydrogens is 751 g/mol. The van der Waals surface area contributed by atoms with Crippen LogP contribution in [0.1, 0.15) is 43.2 Å². The summed E-state index contributed by atoms with van der Waals surface area (Å²) >= 11 is 0. The molecule has 0 unspecified atom stereocenters. The molecule has 8 aromatic carbocycles. The molecule has 1 spiro atoms. The van der Waals surface area contributed by atoms with Crippen molar-refractivity contribution >= 4 is 10.8 Å². The van der Waals surface area contributed by atoms with Crippen molar-refractivity contribution in [1.29, 1.82) is 0 Å². The molecule has 1 aromatic heterocycles. The lowest BCUT2D eigenvalue weighted by atomic mass is 9.43. The number of hydrogen-bond acceptors (Lipinski definition) is 3. The highest BCUT2D eigenvalue weighted by Crippen LogP contribution is 2.69. The normalized spacial score (nSPS) is 21.6. The van der Waals surface area contributed by atoms with E-state index in [9.17, 15) is 0 Å². The second kappa shape index (κ2) is 14.0. The van der Waals surface area contributed by atoms with Crippen molar-refractivity contribution in [2.24, 2.45) is 23.7 Å². The topological polar surface area (TPSA) is 38.7 Å². The van der Waals surface area contributed by atoms with Gasteiger partial charge in [-0.05, 0) is 140 Å². The smallest absolute Gasteiger partial charge is 0.164 e. The van der Waals surface area contributed by atoms with Gasteiger partial charge in [-0.15, -0.1) is 0 Å². The van der Waals surface area contributed by atoms with E-state index < -0.39 is 0 Å². The Balaban J connectivity index is 0.866. The summed E-state index contributed by atoms with van der Waals surface area (Å²) in [6, 6.07) is 68.4. The highest BCUT2D eigenvalue weighted by molar-refractivity contribution is 6.04. The van der Waals surface area contributed by atoms with Crippen LogP contribution in [0.3, 0.4) is 0 Å². The van der Waals surface area contributed by atoms with Gasteiger partial charge in [-0.2, -0.15) is 0 Å². The van der Waals surface area contributed by atoms with Crippen LogP contribution in [0.5, 0.6) is 0 Å². The Bertz CT molecular complexity index is 3160. The van der Waals surface area contributed by atoms with Crippen LogP contribution in [0.25, 0.3) is 89.4 Å². The number of benzene rings is 8. The van der Waals surface area contributed by atoms with Crippen LogP contribution < -0.4 is 0 Å². The van der Waals surface area contributed by atoms with Crippen LogP contribution in [0.15, 0.2) is 188 Å². The fourth-order valence-corrected chi connectivity index (χ4v) is 12.7. The van der Waals surface area contributed by atoms with Gasteiger partial charge in [-0.25, -0.2) is 15.0 Å². The predicted octanol–water partition coefficient (Wildman–Crippen LogP) is 14.7. The highest BCUT2D eigenvalue weighted by atomic mass is 15.0. The molecule has 14 rings (SSSR count). The maximum Gasteiger partial charge on any atom is 0.164 e. The zero-order valence-electron chi connectivity index (χ0n) is 34.6. The van der Waals surface area contributed by atoms with Crippen molar-refractivity contribution in [3.8, 4) is 78.7 Å². The molecule has 0 saturated heterocycles. The Hall–Kier alpha value is -6.97. The van der Waals surface area contributed by atoms with Gasteiger partial charge in [-0.3, -0.25) is 0 Å². The number of rotatable bonds is 6. The minimum atomic E-state index is 0.170. The van der Waals surface area contributed by atoms with Crippen LogP contribution in [-0.4, -0.2) is 15.0 Å². The van der Waals surface area contributed by atoms with Gasteiger partial charge in [0.1, 0.15) is 0 Å². The molecule has 0 atom stereocenters. The molecule has 0 N–H and O–H groups in total. The minimum absolute atomic E-state index is 0.170. The van der Waals surface area contributed by atoms with Crippen molar-refractivity contribution < 1.29 is 0 Å². The molecule has 0 amide bonds. The van der Waals surface area contributed by atoms with Gasteiger partial charge >= 0.3 is 0 Å². The molecule has 1 heterocycles. The van der Waals surface area contributed by atoms with E-state index in [1.54, 1.807) is 11.1 Å². The van der Waals surface area contributed by atoms with Crippen LogP contribution in [0, 0.1) is 23.7 Å². The molecule has 3 heteroatoms. The van der Waals surface area contributed by atoms with E-state index in [0.29, 0.717) is 17.5 Å². The van der Waals surface area contributed by atoms with E-state index in [1.807, 2.05) is 18.2 Å². The monoisotopic (exact) mass is 795 g/mol. The Morgan fingerprint density at radius 3 is 1.50 bits per heavy atom. The second-order valence-electron chi connectivity index (χ2n) is 18.4. The predicted molar refractivity (Wildman–Crippen MR) is 253 cm³/mol. The number of aromatic nitrogens is 3. The van der Waals surface area contributed by atoms with Gasteiger partial charge in [0, 0.05) is 22.1 Å². The number of nitrogens with zero attached hydrogens (tertiary/aromatic N) is 3. The Morgan fingerprint density at radius 1 is 0.306 bits per heavy atom. The summed E-state index contributed by atoms with van der Waals surface area (Å²) in [7, 11) is 0. The average molecular weight is 796 g/mol. The van der Waals surface area contributed by atoms with Crippen molar-refractivity contribution in [2.75, 3.05) is 0 Å². The van der Waals surface area contributed by atoms with Crippen LogP contribution in [0.2, 0.25) is 0 Å². The fourth-order valence-electron chi connectivity index (χ4n) is 12.7. The summed E-state index contributed by atoms with van der Waals surface area (Å²) in [5.41, 5.74) is 16.5. The van der Waals surface area contributed by atoms with E-state index in [0.717, 1.165) is 51.3 Å². The first-order valence-electron chi connectivity index (χ1n) is 22.5. The maximum absolute atomic E-state index is 5.23. The van der Waals surface area contributed by atoms with Crippen molar-refractivity contribution in [1.82, 2.24) is 15.0 Å². The van der Waals surface area contributed by atoms with Gasteiger partial charge in [-0.1, -0.05) is 170 Å². The Kier molecular flexibility index (Phi) is 8.10. The summed E-state index contributed by atoms with van der Waals surface area (Å²) in [6.45, 7) is 0. The van der Waals surface area contributed by atoms with Crippen LogP contribution >= 0.6 is 0 Å². The molecule has 4 bridgehead atoms. The first-order chi connectivity index (χ1) is 30.7. The van der Waals surface area contributed by atoms with Gasteiger partial charge in [0.15, 0.2) is 17.5 Å². The Labute approximate surface area is 363 Å².